The second kappa shape index (κ2) is 9.23. The average molecular weight is 490 g/mol. The Morgan fingerprint density at radius 2 is 1.88 bits per heavy atom. The molecule has 0 aliphatic carbocycles. The van der Waals surface area contributed by atoms with Gasteiger partial charge in [0, 0.05) is 11.3 Å². The number of nitrogens with zero attached hydrogens (tertiary/aromatic N) is 2. The van der Waals surface area contributed by atoms with Crippen molar-refractivity contribution in [3.63, 3.8) is 0 Å². The first-order chi connectivity index (χ1) is 15.3. The lowest BCUT2D eigenvalue weighted by Gasteiger charge is -2.20. The zero-order valence-electron chi connectivity index (χ0n) is 16.9. The van der Waals surface area contributed by atoms with Crippen molar-refractivity contribution in [1.82, 2.24) is 5.01 Å². The van der Waals surface area contributed by atoms with Crippen molar-refractivity contribution in [2.45, 2.75) is 12.5 Å². The number of rotatable bonds is 7. The predicted octanol–water partition coefficient (Wildman–Crippen LogP) is 3.72. The lowest BCUT2D eigenvalue weighted by atomic mass is 10.1. The summed E-state index contributed by atoms with van der Waals surface area (Å²) in [5.74, 6) is -1.27. The number of para-hydroxylation sites is 1. The second-order valence-electron chi connectivity index (χ2n) is 6.99. The van der Waals surface area contributed by atoms with Crippen molar-refractivity contribution in [3.05, 3.63) is 74.6 Å². The van der Waals surface area contributed by atoms with Crippen LogP contribution in [0, 0.1) is 0 Å². The summed E-state index contributed by atoms with van der Waals surface area (Å²) in [5.41, 5.74) is 0.911. The molecule has 0 bridgehead atoms. The van der Waals surface area contributed by atoms with E-state index in [9.17, 15) is 18.0 Å². The van der Waals surface area contributed by atoms with Gasteiger partial charge in [-0.2, -0.15) is 5.10 Å². The Morgan fingerprint density at radius 3 is 2.56 bits per heavy atom. The Morgan fingerprint density at radius 1 is 1.12 bits per heavy atom. The van der Waals surface area contributed by atoms with E-state index in [-0.39, 0.29) is 17.3 Å². The van der Waals surface area contributed by atoms with Crippen molar-refractivity contribution in [3.8, 4) is 0 Å². The Labute approximate surface area is 193 Å². The van der Waals surface area contributed by atoms with Gasteiger partial charge in [0.1, 0.15) is 0 Å². The van der Waals surface area contributed by atoms with Gasteiger partial charge in [-0.15, -0.1) is 22.7 Å². The smallest absolute Gasteiger partial charge is 0.340 e. The van der Waals surface area contributed by atoms with Crippen LogP contribution in [0.3, 0.4) is 0 Å². The molecule has 1 N–H and O–H groups in total. The fraction of sp³-hybridized carbons (Fsp3) is 0.190. The zero-order chi connectivity index (χ0) is 22.7. The number of esters is 1. The number of sulfonamides is 1. The van der Waals surface area contributed by atoms with Crippen LogP contribution in [0.15, 0.2) is 64.4 Å². The highest BCUT2D eigenvalue weighted by Gasteiger charge is 2.34. The summed E-state index contributed by atoms with van der Waals surface area (Å²) in [6, 6.07) is 13.5. The predicted molar refractivity (Wildman–Crippen MR) is 125 cm³/mol. The van der Waals surface area contributed by atoms with E-state index in [2.05, 4.69) is 9.82 Å². The summed E-state index contributed by atoms with van der Waals surface area (Å²) in [5, 5.41) is 9.78. The number of anilines is 1. The molecule has 8 nitrogen and oxygen atoms in total. The molecular weight excluding hydrogens is 470 g/mol. The molecule has 32 heavy (non-hydrogen) atoms. The summed E-state index contributed by atoms with van der Waals surface area (Å²) in [6.07, 6.45) is 1.56. The number of ether oxygens (including phenoxy) is 1. The van der Waals surface area contributed by atoms with Gasteiger partial charge in [0.15, 0.2) is 6.61 Å². The van der Waals surface area contributed by atoms with Gasteiger partial charge < -0.3 is 4.74 Å². The number of benzene rings is 1. The van der Waals surface area contributed by atoms with Crippen LogP contribution in [0.2, 0.25) is 0 Å². The molecule has 1 unspecified atom stereocenters. The molecular formula is C21H19N3O5S3. The van der Waals surface area contributed by atoms with E-state index in [1.165, 1.54) is 28.5 Å². The van der Waals surface area contributed by atoms with Crippen molar-refractivity contribution in [1.29, 1.82) is 0 Å². The van der Waals surface area contributed by atoms with Gasteiger partial charge in [-0.1, -0.05) is 24.3 Å². The summed E-state index contributed by atoms with van der Waals surface area (Å²) in [4.78, 5) is 27.5. The van der Waals surface area contributed by atoms with Crippen LogP contribution < -0.4 is 4.72 Å². The number of hydrogen-bond acceptors (Lipinski definition) is 8. The molecule has 1 atom stereocenters. The summed E-state index contributed by atoms with van der Waals surface area (Å²) < 4.78 is 30.6. The summed E-state index contributed by atoms with van der Waals surface area (Å²) >= 11 is 3.08. The van der Waals surface area contributed by atoms with Crippen LogP contribution in [0.1, 0.15) is 32.6 Å². The monoisotopic (exact) mass is 489 g/mol. The highest BCUT2D eigenvalue weighted by atomic mass is 32.2. The number of hydrogen-bond donors (Lipinski definition) is 1. The molecule has 166 valence electrons. The van der Waals surface area contributed by atoms with Gasteiger partial charge in [0.25, 0.3) is 5.91 Å². The molecule has 0 fully saturated rings. The van der Waals surface area contributed by atoms with Crippen LogP contribution in [0.25, 0.3) is 0 Å². The molecule has 0 spiro atoms. The van der Waals surface area contributed by atoms with E-state index in [0.29, 0.717) is 6.42 Å². The Balaban J connectivity index is 1.50. The second-order valence-corrected chi connectivity index (χ2v) is 10.7. The van der Waals surface area contributed by atoms with Crippen LogP contribution in [-0.2, 0) is 19.6 Å². The molecule has 1 aliphatic heterocycles. The Kier molecular flexibility index (Phi) is 6.40. The van der Waals surface area contributed by atoms with Gasteiger partial charge in [-0.25, -0.2) is 18.2 Å². The maximum Gasteiger partial charge on any atom is 0.340 e. The molecule has 0 saturated heterocycles. The number of thiophene rings is 2. The van der Waals surface area contributed by atoms with Crippen molar-refractivity contribution < 1.29 is 22.7 Å². The maximum atomic E-state index is 13.0. The lowest BCUT2D eigenvalue weighted by molar-refractivity contribution is -0.136. The average Bonchev–Trinajstić information content (AvgIpc) is 3.51. The molecule has 0 radical (unpaired) electrons. The largest absolute Gasteiger partial charge is 0.452 e. The zero-order valence-corrected chi connectivity index (χ0v) is 19.4. The number of amides is 1. The normalized spacial score (nSPS) is 16.0. The van der Waals surface area contributed by atoms with Gasteiger partial charge in [-0.05, 0) is 35.0 Å². The minimum absolute atomic E-state index is 0.0183. The van der Waals surface area contributed by atoms with Crippen LogP contribution in [-0.4, -0.2) is 43.9 Å². The minimum Gasteiger partial charge on any atom is -0.452 e. The minimum atomic E-state index is -3.59. The molecule has 1 amide bonds. The molecule has 4 rings (SSSR count). The highest BCUT2D eigenvalue weighted by molar-refractivity contribution is 7.92. The third kappa shape index (κ3) is 5.06. The molecule has 1 aromatic carbocycles. The van der Waals surface area contributed by atoms with Gasteiger partial charge in [0.05, 0.1) is 34.1 Å². The first-order valence-electron chi connectivity index (χ1n) is 9.52. The van der Waals surface area contributed by atoms with E-state index in [1.54, 1.807) is 23.5 Å². The van der Waals surface area contributed by atoms with E-state index >= 15 is 0 Å². The summed E-state index contributed by atoms with van der Waals surface area (Å²) in [6.45, 7) is -0.519. The van der Waals surface area contributed by atoms with Crippen molar-refractivity contribution >= 4 is 56.0 Å². The SMILES string of the molecule is CS(=O)(=O)Nc1ccccc1C(=O)OCC(=O)N1N=C(c2cccs2)CC1c1cccs1. The fourth-order valence-electron chi connectivity index (χ4n) is 3.26. The third-order valence-corrected chi connectivity index (χ3v) is 7.10. The van der Waals surface area contributed by atoms with E-state index in [1.807, 2.05) is 35.0 Å². The number of carbonyl (C=O) groups is 2. The summed E-state index contributed by atoms with van der Waals surface area (Å²) in [7, 11) is -3.59. The van der Waals surface area contributed by atoms with E-state index < -0.39 is 28.5 Å². The number of nitrogens with one attached hydrogen (secondary N) is 1. The standard InChI is InChI=1S/C21H19N3O5S3/c1-32(27,28)23-15-7-3-2-6-14(15)21(26)29-13-20(25)24-17(19-9-5-11-31-19)12-16(22-24)18-8-4-10-30-18/h2-11,17,23H,12-13H2,1H3. The van der Waals surface area contributed by atoms with Gasteiger partial charge >= 0.3 is 5.97 Å². The first-order valence-corrected chi connectivity index (χ1v) is 13.2. The lowest BCUT2D eigenvalue weighted by Crippen LogP contribution is -2.31. The third-order valence-electron chi connectivity index (χ3n) is 4.61. The van der Waals surface area contributed by atoms with Gasteiger partial charge in [0.2, 0.25) is 10.0 Å². The Bertz CT molecular complexity index is 1250. The van der Waals surface area contributed by atoms with Crippen molar-refractivity contribution in [2.75, 3.05) is 17.6 Å². The number of carbonyl (C=O) groups excluding carboxylic acids is 2. The molecule has 1 aliphatic rings. The maximum absolute atomic E-state index is 13.0. The van der Waals surface area contributed by atoms with Crippen LogP contribution >= 0.6 is 22.7 Å². The van der Waals surface area contributed by atoms with Crippen LogP contribution in [0.5, 0.6) is 0 Å². The van der Waals surface area contributed by atoms with E-state index in [0.717, 1.165) is 21.7 Å². The van der Waals surface area contributed by atoms with Crippen molar-refractivity contribution in [2.24, 2.45) is 5.10 Å². The van der Waals surface area contributed by atoms with Gasteiger partial charge in [-0.3, -0.25) is 9.52 Å². The molecule has 11 heteroatoms. The molecule has 3 heterocycles. The van der Waals surface area contributed by atoms with Crippen LogP contribution in [0.4, 0.5) is 5.69 Å². The van der Waals surface area contributed by atoms with E-state index in [4.69, 9.17) is 4.74 Å². The molecule has 3 aromatic rings. The fourth-order valence-corrected chi connectivity index (χ4v) is 5.37. The topological polar surface area (TPSA) is 105 Å². The first kappa shape index (κ1) is 22.2. The molecule has 2 aromatic heterocycles. The highest BCUT2D eigenvalue weighted by Crippen LogP contribution is 2.36. The molecule has 0 saturated carbocycles. The number of hydrazone groups is 1. The Hall–Kier alpha value is -3.02. The quantitative estimate of drug-likeness (QED) is 0.510.